The summed E-state index contributed by atoms with van der Waals surface area (Å²) < 4.78 is 6.13. The maximum absolute atomic E-state index is 6.13. The molecular formula is C17H25NO. The molecule has 2 aliphatic carbocycles. The number of hydrogen-bond acceptors (Lipinski definition) is 2. The van der Waals surface area contributed by atoms with Crippen LogP contribution < -0.4 is 10.5 Å². The second-order valence-corrected chi connectivity index (χ2v) is 6.19. The van der Waals surface area contributed by atoms with Gasteiger partial charge in [0.05, 0.1) is 6.61 Å². The summed E-state index contributed by atoms with van der Waals surface area (Å²) in [5, 5.41) is 0. The van der Waals surface area contributed by atoms with Gasteiger partial charge in [0.1, 0.15) is 5.75 Å². The minimum atomic E-state index is 0.646. The van der Waals surface area contributed by atoms with E-state index in [9.17, 15) is 0 Å². The van der Waals surface area contributed by atoms with E-state index in [0.717, 1.165) is 24.8 Å². The molecule has 2 aliphatic rings. The summed E-state index contributed by atoms with van der Waals surface area (Å²) >= 11 is 0. The molecule has 2 N–H and O–H groups in total. The van der Waals surface area contributed by atoms with Crippen molar-refractivity contribution < 1.29 is 4.74 Å². The molecule has 0 saturated heterocycles. The van der Waals surface area contributed by atoms with Gasteiger partial charge in [-0.1, -0.05) is 37.5 Å². The Bertz CT molecular complexity index is 411. The summed E-state index contributed by atoms with van der Waals surface area (Å²) in [6.45, 7) is 1.71. The largest absolute Gasteiger partial charge is 0.493 e. The van der Waals surface area contributed by atoms with Crippen LogP contribution in [0.1, 0.15) is 50.0 Å². The first-order valence-electron chi connectivity index (χ1n) is 7.80. The van der Waals surface area contributed by atoms with Crippen LogP contribution in [0.25, 0.3) is 0 Å². The zero-order valence-corrected chi connectivity index (χ0v) is 11.7. The van der Waals surface area contributed by atoms with Gasteiger partial charge in [0.15, 0.2) is 0 Å². The van der Waals surface area contributed by atoms with E-state index < -0.39 is 0 Å². The van der Waals surface area contributed by atoms with Crippen LogP contribution in [0.5, 0.6) is 5.75 Å². The number of nitrogens with two attached hydrogens (primary N) is 1. The number of benzene rings is 1. The second-order valence-electron chi connectivity index (χ2n) is 6.19. The van der Waals surface area contributed by atoms with E-state index in [1.54, 1.807) is 0 Å². The number of para-hydroxylation sites is 1. The van der Waals surface area contributed by atoms with Gasteiger partial charge in [0, 0.05) is 0 Å². The standard InChI is InChI=1S/C17H25NO/c18-11-14-10-16(14)15-8-4-5-9-17(15)19-12-13-6-2-1-3-7-13/h4-5,8-9,13-14,16H,1-3,6-7,10-12,18H2/t14-,16+/m1/s1. The van der Waals surface area contributed by atoms with Crippen LogP contribution in [0, 0.1) is 11.8 Å². The molecule has 2 heteroatoms. The third-order valence-electron chi connectivity index (χ3n) is 4.74. The smallest absolute Gasteiger partial charge is 0.122 e. The first kappa shape index (κ1) is 13.0. The van der Waals surface area contributed by atoms with Gasteiger partial charge < -0.3 is 10.5 Å². The zero-order valence-electron chi connectivity index (χ0n) is 11.7. The second kappa shape index (κ2) is 5.96. The lowest BCUT2D eigenvalue weighted by atomic mass is 9.90. The summed E-state index contributed by atoms with van der Waals surface area (Å²) in [5.41, 5.74) is 7.14. The highest BCUT2D eigenvalue weighted by molar-refractivity contribution is 5.39. The van der Waals surface area contributed by atoms with Crippen LogP contribution in [0.15, 0.2) is 24.3 Å². The van der Waals surface area contributed by atoms with Crippen molar-refractivity contribution in [2.45, 2.75) is 44.4 Å². The van der Waals surface area contributed by atoms with Crippen molar-refractivity contribution >= 4 is 0 Å². The predicted octanol–water partition coefficient (Wildman–Crippen LogP) is 3.71. The van der Waals surface area contributed by atoms with E-state index in [-0.39, 0.29) is 0 Å². The molecule has 0 radical (unpaired) electrons. The third-order valence-corrected chi connectivity index (χ3v) is 4.74. The monoisotopic (exact) mass is 259 g/mol. The average Bonchev–Trinajstić information content (AvgIpc) is 3.26. The van der Waals surface area contributed by atoms with Gasteiger partial charge in [-0.3, -0.25) is 0 Å². The lowest BCUT2D eigenvalue weighted by Crippen LogP contribution is -2.15. The number of hydrogen-bond donors (Lipinski definition) is 1. The fraction of sp³-hybridized carbons (Fsp3) is 0.647. The van der Waals surface area contributed by atoms with Gasteiger partial charge in [-0.25, -0.2) is 0 Å². The van der Waals surface area contributed by atoms with Crippen LogP contribution in [0.2, 0.25) is 0 Å². The minimum Gasteiger partial charge on any atom is -0.493 e. The molecule has 0 unspecified atom stereocenters. The molecule has 19 heavy (non-hydrogen) atoms. The predicted molar refractivity (Wildman–Crippen MR) is 78.4 cm³/mol. The lowest BCUT2D eigenvalue weighted by molar-refractivity contribution is 0.207. The van der Waals surface area contributed by atoms with Gasteiger partial charge >= 0.3 is 0 Å². The highest BCUT2D eigenvalue weighted by atomic mass is 16.5. The highest BCUT2D eigenvalue weighted by Crippen LogP contribution is 2.49. The Balaban J connectivity index is 1.60. The Labute approximate surface area is 116 Å². The zero-order chi connectivity index (χ0) is 13.1. The molecule has 1 aromatic rings. The van der Waals surface area contributed by atoms with Gasteiger partial charge in [-0.2, -0.15) is 0 Å². The molecule has 104 valence electrons. The summed E-state index contributed by atoms with van der Waals surface area (Å²) in [7, 11) is 0. The van der Waals surface area contributed by atoms with E-state index in [2.05, 4.69) is 24.3 Å². The average molecular weight is 259 g/mol. The molecule has 0 spiro atoms. The van der Waals surface area contributed by atoms with Crippen LogP contribution in [0.3, 0.4) is 0 Å². The van der Waals surface area contributed by atoms with Crippen LogP contribution in [-0.4, -0.2) is 13.2 Å². The molecular weight excluding hydrogens is 234 g/mol. The first-order valence-corrected chi connectivity index (χ1v) is 7.80. The Hall–Kier alpha value is -1.02. The molecule has 0 heterocycles. The molecule has 2 saturated carbocycles. The van der Waals surface area contributed by atoms with Gasteiger partial charge in [-0.05, 0) is 55.2 Å². The summed E-state index contributed by atoms with van der Waals surface area (Å²) in [6.07, 6.45) is 8.10. The fourth-order valence-corrected chi connectivity index (χ4v) is 3.37. The third kappa shape index (κ3) is 3.11. The van der Waals surface area contributed by atoms with Crippen LogP contribution in [0.4, 0.5) is 0 Å². The summed E-state index contributed by atoms with van der Waals surface area (Å²) in [5.74, 6) is 3.20. The maximum atomic E-state index is 6.13. The van der Waals surface area contributed by atoms with Crippen molar-refractivity contribution in [1.29, 1.82) is 0 Å². The molecule has 0 amide bonds. The van der Waals surface area contributed by atoms with Crippen molar-refractivity contribution in [3.8, 4) is 5.75 Å². The van der Waals surface area contributed by atoms with E-state index in [4.69, 9.17) is 10.5 Å². The van der Waals surface area contributed by atoms with Crippen molar-refractivity contribution in [3.05, 3.63) is 29.8 Å². The Morgan fingerprint density at radius 1 is 1.11 bits per heavy atom. The fourth-order valence-electron chi connectivity index (χ4n) is 3.37. The normalized spacial score (nSPS) is 27.2. The van der Waals surface area contributed by atoms with Crippen molar-refractivity contribution in [2.75, 3.05) is 13.2 Å². The van der Waals surface area contributed by atoms with Crippen molar-refractivity contribution in [1.82, 2.24) is 0 Å². The Morgan fingerprint density at radius 3 is 2.63 bits per heavy atom. The number of ether oxygens (including phenoxy) is 1. The van der Waals surface area contributed by atoms with E-state index in [1.165, 1.54) is 44.1 Å². The molecule has 2 nitrogen and oxygen atoms in total. The maximum Gasteiger partial charge on any atom is 0.122 e. The Kier molecular flexibility index (Phi) is 4.07. The Morgan fingerprint density at radius 2 is 1.89 bits per heavy atom. The van der Waals surface area contributed by atoms with Gasteiger partial charge in [0.25, 0.3) is 0 Å². The van der Waals surface area contributed by atoms with Crippen molar-refractivity contribution in [3.63, 3.8) is 0 Å². The molecule has 2 atom stereocenters. The minimum absolute atomic E-state index is 0.646. The van der Waals surface area contributed by atoms with Gasteiger partial charge in [-0.15, -0.1) is 0 Å². The summed E-state index contributed by atoms with van der Waals surface area (Å²) in [6, 6.07) is 8.55. The molecule has 0 bridgehead atoms. The van der Waals surface area contributed by atoms with E-state index in [1.807, 2.05) is 0 Å². The first-order chi connectivity index (χ1) is 9.38. The molecule has 3 rings (SSSR count). The quantitative estimate of drug-likeness (QED) is 0.875. The van der Waals surface area contributed by atoms with Crippen LogP contribution >= 0.6 is 0 Å². The summed E-state index contributed by atoms with van der Waals surface area (Å²) in [4.78, 5) is 0. The highest BCUT2D eigenvalue weighted by Gasteiger charge is 2.38. The molecule has 0 aliphatic heterocycles. The number of rotatable bonds is 5. The SMILES string of the molecule is NC[C@H]1C[C@@H]1c1ccccc1OCC1CCCCC1. The van der Waals surface area contributed by atoms with Crippen LogP contribution in [-0.2, 0) is 0 Å². The lowest BCUT2D eigenvalue weighted by Gasteiger charge is -2.22. The van der Waals surface area contributed by atoms with E-state index in [0.29, 0.717) is 11.8 Å². The topological polar surface area (TPSA) is 35.2 Å². The molecule has 0 aromatic heterocycles. The molecule has 2 fully saturated rings. The van der Waals surface area contributed by atoms with E-state index >= 15 is 0 Å². The van der Waals surface area contributed by atoms with Crippen molar-refractivity contribution in [2.24, 2.45) is 17.6 Å². The van der Waals surface area contributed by atoms with Gasteiger partial charge in [0.2, 0.25) is 0 Å². The molecule has 1 aromatic carbocycles.